The van der Waals surface area contributed by atoms with Crippen molar-refractivity contribution in [3.63, 3.8) is 0 Å². The van der Waals surface area contributed by atoms with Crippen molar-refractivity contribution in [3.05, 3.63) is 59.7 Å². The first-order chi connectivity index (χ1) is 16.1. The highest BCUT2D eigenvalue weighted by atomic mass is 32.2. The van der Waals surface area contributed by atoms with Crippen molar-refractivity contribution in [3.8, 4) is 5.75 Å². The molecule has 0 saturated carbocycles. The normalized spacial score (nSPS) is 22.8. The summed E-state index contributed by atoms with van der Waals surface area (Å²) in [4.78, 5) is 17.2. The summed E-state index contributed by atoms with van der Waals surface area (Å²) in [5.74, 6) is 0.316. The van der Waals surface area contributed by atoms with E-state index in [0.29, 0.717) is 30.2 Å². The molecule has 8 nitrogen and oxygen atoms in total. The second-order valence-corrected chi connectivity index (χ2v) is 10.8. The van der Waals surface area contributed by atoms with Gasteiger partial charge < -0.3 is 14.4 Å². The maximum atomic E-state index is 13.2. The summed E-state index contributed by atoms with van der Waals surface area (Å²) in [7, 11) is -0.0478. The molecule has 0 aromatic heterocycles. The van der Waals surface area contributed by atoms with E-state index in [-0.39, 0.29) is 24.0 Å². The third-order valence-electron chi connectivity index (χ3n) is 6.11. The van der Waals surface area contributed by atoms with Gasteiger partial charge in [0.15, 0.2) is 0 Å². The van der Waals surface area contributed by atoms with E-state index in [1.54, 1.807) is 37.3 Å². The Morgan fingerprint density at radius 3 is 2.47 bits per heavy atom. The average molecular weight is 490 g/mol. The van der Waals surface area contributed by atoms with Gasteiger partial charge in [0.25, 0.3) is 5.91 Å². The molecule has 1 N–H and O–H groups in total. The predicted octanol–water partition coefficient (Wildman–Crippen LogP) is 3.06. The molecule has 0 fully saturated rings. The molecular formula is C25H35N3O5S. The van der Waals surface area contributed by atoms with Crippen LogP contribution in [0.4, 0.5) is 5.69 Å². The van der Waals surface area contributed by atoms with E-state index in [0.717, 1.165) is 19.3 Å². The van der Waals surface area contributed by atoms with Gasteiger partial charge in [-0.2, -0.15) is 0 Å². The van der Waals surface area contributed by atoms with Gasteiger partial charge in [0.1, 0.15) is 12.4 Å². The Hall–Kier alpha value is -2.62. The Bertz CT molecular complexity index is 1080. The highest BCUT2D eigenvalue weighted by molar-refractivity contribution is 7.92. The van der Waals surface area contributed by atoms with Crippen LogP contribution in [0.25, 0.3) is 0 Å². The Labute approximate surface area is 202 Å². The predicted molar refractivity (Wildman–Crippen MR) is 134 cm³/mol. The Kier molecular flexibility index (Phi) is 8.57. The van der Waals surface area contributed by atoms with Gasteiger partial charge in [-0.15, -0.1) is 0 Å². The van der Waals surface area contributed by atoms with Crippen molar-refractivity contribution in [2.45, 2.75) is 32.5 Å². The van der Waals surface area contributed by atoms with Crippen LogP contribution in [0.1, 0.15) is 29.8 Å². The van der Waals surface area contributed by atoms with Crippen LogP contribution in [0.2, 0.25) is 0 Å². The summed E-state index contributed by atoms with van der Waals surface area (Å²) >= 11 is 0. The number of methoxy groups -OCH3 is 1. The van der Waals surface area contributed by atoms with E-state index in [4.69, 9.17) is 9.47 Å². The zero-order valence-electron chi connectivity index (χ0n) is 20.5. The highest BCUT2D eigenvalue weighted by Crippen LogP contribution is 2.27. The molecule has 2 aromatic rings. The van der Waals surface area contributed by atoms with Gasteiger partial charge in [-0.3, -0.25) is 14.4 Å². The maximum absolute atomic E-state index is 13.2. The number of likely N-dealkylation sites (N-methyl/N-ethyl adjacent to an activating group) is 1. The van der Waals surface area contributed by atoms with Gasteiger partial charge >= 0.3 is 0 Å². The molecule has 0 radical (unpaired) electrons. The third-order valence-corrected chi connectivity index (χ3v) is 6.71. The van der Waals surface area contributed by atoms with Crippen molar-refractivity contribution >= 4 is 21.6 Å². The molecule has 1 heterocycles. The van der Waals surface area contributed by atoms with Crippen LogP contribution in [-0.2, 0) is 21.3 Å². The fraction of sp³-hybridized carbons (Fsp3) is 0.480. The number of ether oxygens (including phenoxy) is 2. The number of fused-ring (bicyclic) bond motifs is 1. The number of nitrogens with zero attached hydrogens (tertiary/aromatic N) is 2. The lowest BCUT2D eigenvalue weighted by atomic mass is 10.0. The summed E-state index contributed by atoms with van der Waals surface area (Å²) < 4.78 is 37.8. The van der Waals surface area contributed by atoms with Crippen molar-refractivity contribution in [2.75, 3.05) is 44.8 Å². The number of hydrogen-bond donors (Lipinski definition) is 1. The van der Waals surface area contributed by atoms with Gasteiger partial charge in [-0.25, -0.2) is 8.42 Å². The van der Waals surface area contributed by atoms with E-state index >= 15 is 0 Å². The highest BCUT2D eigenvalue weighted by Gasteiger charge is 2.28. The molecule has 1 amide bonds. The zero-order chi connectivity index (χ0) is 24.9. The summed E-state index contributed by atoms with van der Waals surface area (Å²) in [6.45, 7) is 6.51. The summed E-state index contributed by atoms with van der Waals surface area (Å²) in [5, 5.41) is 0. The maximum Gasteiger partial charge on any atom is 0.257 e. The minimum absolute atomic E-state index is 0.0341. The van der Waals surface area contributed by atoms with Crippen LogP contribution < -0.4 is 9.46 Å². The van der Waals surface area contributed by atoms with Gasteiger partial charge in [0, 0.05) is 45.9 Å². The van der Waals surface area contributed by atoms with E-state index in [1.807, 2.05) is 18.2 Å². The van der Waals surface area contributed by atoms with Crippen molar-refractivity contribution in [2.24, 2.45) is 5.92 Å². The zero-order valence-corrected chi connectivity index (χ0v) is 21.3. The minimum Gasteiger partial charge on any atom is -0.491 e. The van der Waals surface area contributed by atoms with Crippen LogP contribution in [0.15, 0.2) is 48.5 Å². The molecular weight excluding hydrogens is 454 g/mol. The number of sulfonamides is 1. The second-order valence-electron chi connectivity index (χ2n) is 9.10. The largest absolute Gasteiger partial charge is 0.491 e. The van der Waals surface area contributed by atoms with Gasteiger partial charge in [-0.05, 0) is 30.5 Å². The number of benzene rings is 2. The standard InChI is InChI=1S/C25H35N3O5S/c1-18-14-28(15-20-9-7-6-8-10-20)19(2)17-33-23-13-21(26-34(5,30)31)11-12-22(23)25(29)27(3)16-24(18)32-4/h6-13,18-19,24,26H,14-17H2,1-5H3/t18-,19+,24+/m0/s1. The Morgan fingerprint density at radius 1 is 1.12 bits per heavy atom. The topological polar surface area (TPSA) is 88.2 Å². The number of carbonyl (C=O) groups excluding carboxylic acids is 1. The summed E-state index contributed by atoms with van der Waals surface area (Å²) in [6.07, 6.45) is 0.941. The molecule has 1 aliphatic heterocycles. The molecule has 0 unspecified atom stereocenters. The molecule has 2 aromatic carbocycles. The molecule has 0 bridgehead atoms. The number of hydrogen-bond acceptors (Lipinski definition) is 6. The monoisotopic (exact) mass is 489 g/mol. The van der Waals surface area contributed by atoms with E-state index in [2.05, 4.69) is 35.6 Å². The van der Waals surface area contributed by atoms with Crippen molar-refractivity contribution in [1.82, 2.24) is 9.80 Å². The fourth-order valence-electron chi connectivity index (χ4n) is 4.16. The molecule has 9 heteroatoms. The Morgan fingerprint density at radius 2 is 1.82 bits per heavy atom. The molecule has 34 heavy (non-hydrogen) atoms. The second kappa shape index (κ2) is 11.2. The lowest BCUT2D eigenvalue weighted by molar-refractivity contribution is 0.00922. The van der Waals surface area contributed by atoms with Crippen LogP contribution in [0.3, 0.4) is 0 Å². The molecule has 3 atom stereocenters. The van der Waals surface area contributed by atoms with E-state index in [9.17, 15) is 13.2 Å². The van der Waals surface area contributed by atoms with Crippen LogP contribution in [0.5, 0.6) is 5.75 Å². The molecule has 0 aliphatic carbocycles. The fourth-order valence-corrected chi connectivity index (χ4v) is 4.72. The quantitative estimate of drug-likeness (QED) is 0.695. The van der Waals surface area contributed by atoms with Gasteiger partial charge in [0.2, 0.25) is 10.0 Å². The number of carbonyl (C=O) groups is 1. The summed E-state index contributed by atoms with van der Waals surface area (Å²) in [6, 6.07) is 15.0. The minimum atomic E-state index is -3.46. The number of anilines is 1. The first-order valence-electron chi connectivity index (χ1n) is 11.4. The number of amides is 1. The molecule has 0 spiro atoms. The first-order valence-corrected chi connectivity index (χ1v) is 13.3. The summed E-state index contributed by atoms with van der Waals surface area (Å²) in [5.41, 5.74) is 1.93. The number of rotatable bonds is 5. The first kappa shape index (κ1) is 26.0. The lowest BCUT2D eigenvalue weighted by Crippen LogP contribution is -2.46. The Balaban J connectivity index is 1.96. The number of nitrogens with one attached hydrogen (secondary N) is 1. The molecule has 186 valence electrons. The van der Waals surface area contributed by atoms with Crippen LogP contribution in [0, 0.1) is 5.92 Å². The molecule has 0 saturated heterocycles. The molecule has 1 aliphatic rings. The van der Waals surface area contributed by atoms with Gasteiger partial charge in [0.05, 0.1) is 23.6 Å². The third kappa shape index (κ3) is 6.94. The average Bonchev–Trinajstić information content (AvgIpc) is 2.79. The molecule has 3 rings (SSSR count). The van der Waals surface area contributed by atoms with E-state index in [1.165, 1.54) is 5.56 Å². The van der Waals surface area contributed by atoms with Crippen molar-refractivity contribution in [1.29, 1.82) is 0 Å². The SMILES string of the molecule is CO[C@@H]1CN(C)C(=O)c2ccc(NS(C)(=O)=O)cc2OC[C@@H](C)N(Cc2ccccc2)C[C@@H]1C. The van der Waals surface area contributed by atoms with Gasteiger partial charge in [-0.1, -0.05) is 37.3 Å². The van der Waals surface area contributed by atoms with Crippen LogP contribution >= 0.6 is 0 Å². The smallest absolute Gasteiger partial charge is 0.257 e. The lowest BCUT2D eigenvalue weighted by Gasteiger charge is -2.36. The van der Waals surface area contributed by atoms with E-state index < -0.39 is 10.0 Å². The van der Waals surface area contributed by atoms with Crippen molar-refractivity contribution < 1.29 is 22.7 Å². The van der Waals surface area contributed by atoms with Crippen LogP contribution in [-0.4, -0.2) is 76.4 Å².